The Balaban J connectivity index is 3.15. The summed E-state index contributed by atoms with van der Waals surface area (Å²) in [6.45, 7) is 5.94. The lowest BCUT2D eigenvalue weighted by atomic mass is 10.1. The minimum absolute atomic E-state index is 0.184. The molecule has 1 aromatic carbocycles. The molecular weight excluding hydrogens is 302 g/mol. The molecule has 0 aliphatic rings. The average Bonchev–Trinajstić information content (AvgIpc) is 2.55. The molecule has 2 nitrogen and oxygen atoms in total. The fraction of sp³-hybridized carbons (Fsp3) is 0.529. The summed E-state index contributed by atoms with van der Waals surface area (Å²) in [4.78, 5) is 0. The van der Waals surface area contributed by atoms with Crippen LogP contribution in [0.4, 0.5) is 8.78 Å². The van der Waals surface area contributed by atoms with Gasteiger partial charge in [-0.3, -0.25) is 0 Å². The number of aliphatic hydroxyl groups excluding tert-OH is 1. The number of halogens is 2. The summed E-state index contributed by atoms with van der Waals surface area (Å²) in [5.74, 6) is 0.674. The van der Waals surface area contributed by atoms with Crippen LogP contribution in [0.3, 0.4) is 0 Å². The van der Waals surface area contributed by atoms with E-state index < -0.39 is 20.6 Å². The van der Waals surface area contributed by atoms with Gasteiger partial charge in [0.05, 0.1) is 21.3 Å². The van der Waals surface area contributed by atoms with E-state index in [-0.39, 0.29) is 5.20 Å². The molecule has 22 heavy (non-hydrogen) atoms. The molecule has 1 N–H and O–H groups in total. The number of rotatable bonds is 8. The molecule has 0 amide bonds. The van der Waals surface area contributed by atoms with Gasteiger partial charge < -0.3 is 9.84 Å². The first-order valence-electron chi connectivity index (χ1n) is 7.76. The molecule has 1 unspecified atom stereocenters. The lowest BCUT2D eigenvalue weighted by molar-refractivity contribution is 0.187. The number of aliphatic hydroxyl groups is 1. The second-order valence-electron chi connectivity index (χ2n) is 5.48. The van der Waals surface area contributed by atoms with Gasteiger partial charge in [0.25, 0.3) is 6.43 Å². The molecule has 1 atom stereocenters. The van der Waals surface area contributed by atoms with Crippen LogP contribution in [0.2, 0.25) is 18.1 Å². The summed E-state index contributed by atoms with van der Waals surface area (Å²) in [7, 11) is -0.637. The van der Waals surface area contributed by atoms with Crippen molar-refractivity contribution >= 4 is 8.07 Å². The first-order chi connectivity index (χ1) is 10.4. The molecule has 124 valence electrons. The van der Waals surface area contributed by atoms with E-state index in [1.54, 1.807) is 31.4 Å². The van der Waals surface area contributed by atoms with Crippen molar-refractivity contribution in [1.82, 2.24) is 0 Å². The zero-order valence-electron chi connectivity index (χ0n) is 13.8. The Morgan fingerprint density at radius 3 is 2.00 bits per heavy atom. The van der Waals surface area contributed by atoms with Crippen molar-refractivity contribution in [3.05, 3.63) is 41.1 Å². The van der Waals surface area contributed by atoms with Crippen molar-refractivity contribution in [3.8, 4) is 5.75 Å². The summed E-state index contributed by atoms with van der Waals surface area (Å²) in [5.41, 5.74) is 0.602. The smallest absolute Gasteiger partial charge is 0.256 e. The number of ether oxygens (including phenoxy) is 1. The Morgan fingerprint density at radius 2 is 1.64 bits per heavy atom. The largest absolute Gasteiger partial charge is 0.497 e. The quantitative estimate of drug-likeness (QED) is 0.683. The van der Waals surface area contributed by atoms with Crippen LogP contribution in [0.25, 0.3) is 0 Å². The third-order valence-corrected chi connectivity index (χ3v) is 10.3. The molecule has 0 saturated heterocycles. The summed E-state index contributed by atoms with van der Waals surface area (Å²) >= 11 is 0. The molecule has 1 rings (SSSR count). The van der Waals surface area contributed by atoms with E-state index in [1.807, 2.05) is 20.8 Å². The van der Waals surface area contributed by atoms with Gasteiger partial charge in [0.2, 0.25) is 0 Å². The van der Waals surface area contributed by atoms with Crippen molar-refractivity contribution in [3.63, 3.8) is 0 Å². The minimum Gasteiger partial charge on any atom is -0.497 e. The van der Waals surface area contributed by atoms with Crippen LogP contribution in [0.5, 0.6) is 5.75 Å². The topological polar surface area (TPSA) is 29.5 Å². The van der Waals surface area contributed by atoms with Gasteiger partial charge in [0.15, 0.2) is 0 Å². The summed E-state index contributed by atoms with van der Waals surface area (Å²) < 4.78 is 32.2. The average molecular weight is 328 g/mol. The van der Waals surface area contributed by atoms with E-state index in [2.05, 4.69) is 0 Å². The molecule has 0 aromatic heterocycles. The predicted molar refractivity (Wildman–Crippen MR) is 89.2 cm³/mol. The summed E-state index contributed by atoms with van der Waals surface area (Å²) in [6, 6.07) is 9.16. The lowest BCUT2D eigenvalue weighted by Gasteiger charge is -2.31. The molecule has 0 aliphatic heterocycles. The van der Waals surface area contributed by atoms with Gasteiger partial charge in [-0.15, -0.1) is 0 Å². The van der Waals surface area contributed by atoms with Crippen LogP contribution < -0.4 is 4.74 Å². The Bertz CT molecular complexity index is 474. The molecule has 0 aliphatic carbocycles. The van der Waals surface area contributed by atoms with Crippen molar-refractivity contribution in [2.45, 2.75) is 51.4 Å². The highest BCUT2D eigenvalue weighted by atomic mass is 28.3. The lowest BCUT2D eigenvalue weighted by Crippen LogP contribution is -2.38. The van der Waals surface area contributed by atoms with Crippen LogP contribution in [0.1, 0.15) is 32.4 Å². The van der Waals surface area contributed by atoms with E-state index in [0.29, 0.717) is 11.3 Å². The fourth-order valence-corrected chi connectivity index (χ4v) is 6.61. The zero-order valence-corrected chi connectivity index (χ0v) is 14.8. The molecule has 5 heteroatoms. The van der Waals surface area contributed by atoms with E-state index >= 15 is 0 Å². The van der Waals surface area contributed by atoms with Gasteiger partial charge in [-0.2, -0.15) is 0 Å². The zero-order chi connectivity index (χ0) is 16.8. The second kappa shape index (κ2) is 8.43. The number of methoxy groups -OCH3 is 1. The molecule has 0 radical (unpaired) electrons. The van der Waals surface area contributed by atoms with Crippen LogP contribution in [-0.2, 0) is 0 Å². The van der Waals surface area contributed by atoms with Gasteiger partial charge in [-0.25, -0.2) is 8.78 Å². The second-order valence-corrected chi connectivity index (χ2v) is 10.7. The van der Waals surface area contributed by atoms with Crippen LogP contribution in [0.15, 0.2) is 35.5 Å². The standard InChI is InChI=1S/C17H26F2O2Si/c1-5-22(6-2,7-3)16(17(18)19)12-15(20)13-8-10-14(21-4)11-9-13/h8-12,15,17,20H,5-7H2,1-4H3/b16-12+. The highest BCUT2D eigenvalue weighted by molar-refractivity contribution is 6.86. The first-order valence-corrected chi connectivity index (χ1v) is 10.4. The van der Waals surface area contributed by atoms with Crippen molar-refractivity contribution in [2.24, 2.45) is 0 Å². The molecule has 0 fully saturated rings. The van der Waals surface area contributed by atoms with Gasteiger partial charge >= 0.3 is 0 Å². The third-order valence-electron chi connectivity index (χ3n) is 4.67. The van der Waals surface area contributed by atoms with Gasteiger partial charge in [0, 0.05) is 0 Å². The fourth-order valence-electron chi connectivity index (χ4n) is 2.91. The summed E-state index contributed by atoms with van der Waals surface area (Å²) in [6.07, 6.45) is -2.12. The molecule has 0 spiro atoms. The first kappa shape index (κ1) is 18.8. The maximum absolute atomic E-state index is 13.6. The van der Waals surface area contributed by atoms with Gasteiger partial charge in [-0.05, 0) is 22.9 Å². The summed E-state index contributed by atoms with van der Waals surface area (Å²) in [5, 5.41) is 10.5. The third kappa shape index (κ3) is 4.17. The van der Waals surface area contributed by atoms with Crippen LogP contribution in [-0.4, -0.2) is 26.7 Å². The number of hydrogen-bond donors (Lipinski definition) is 1. The molecular formula is C17H26F2O2Si. The molecule has 1 aromatic rings. The predicted octanol–water partition coefficient (Wildman–Crippen LogP) is 4.97. The van der Waals surface area contributed by atoms with Crippen molar-refractivity contribution in [2.75, 3.05) is 7.11 Å². The van der Waals surface area contributed by atoms with Crippen LogP contribution in [0, 0.1) is 0 Å². The number of alkyl halides is 2. The highest BCUT2D eigenvalue weighted by Gasteiger charge is 2.36. The minimum atomic E-state index is -2.50. The number of benzene rings is 1. The Labute approximate surface area is 132 Å². The van der Waals surface area contributed by atoms with Crippen LogP contribution >= 0.6 is 0 Å². The normalized spacial score (nSPS) is 14.3. The van der Waals surface area contributed by atoms with E-state index in [0.717, 1.165) is 18.1 Å². The Morgan fingerprint density at radius 1 is 1.14 bits per heavy atom. The van der Waals surface area contributed by atoms with Crippen molar-refractivity contribution in [1.29, 1.82) is 0 Å². The van der Waals surface area contributed by atoms with Gasteiger partial charge in [0.1, 0.15) is 5.75 Å². The monoisotopic (exact) mass is 328 g/mol. The SMILES string of the molecule is CC[Si](CC)(CC)/C(=C/C(O)c1ccc(OC)cc1)C(F)F. The molecule has 0 heterocycles. The maximum Gasteiger partial charge on any atom is 0.256 e. The Hall–Kier alpha value is -1.20. The molecule has 0 saturated carbocycles. The van der Waals surface area contributed by atoms with Crippen molar-refractivity contribution < 1.29 is 18.6 Å². The number of allylic oxidation sites excluding steroid dienone is 1. The number of hydrogen-bond acceptors (Lipinski definition) is 2. The van der Waals surface area contributed by atoms with E-state index in [9.17, 15) is 13.9 Å². The van der Waals surface area contributed by atoms with E-state index in [1.165, 1.54) is 6.08 Å². The molecule has 0 bridgehead atoms. The maximum atomic E-state index is 13.6. The highest BCUT2D eigenvalue weighted by Crippen LogP contribution is 2.34. The van der Waals surface area contributed by atoms with Gasteiger partial charge in [-0.1, -0.05) is 57.1 Å². The Kier molecular flexibility index (Phi) is 7.23. The van der Waals surface area contributed by atoms with E-state index in [4.69, 9.17) is 4.74 Å².